The van der Waals surface area contributed by atoms with E-state index in [1.54, 1.807) is 0 Å². The molecule has 0 spiro atoms. The molecule has 0 saturated carbocycles. The van der Waals surface area contributed by atoms with Crippen LogP contribution in [-0.4, -0.2) is 37.5 Å². The molecule has 0 aliphatic heterocycles. The fourth-order valence-corrected chi connectivity index (χ4v) is 1.85. The Balaban J connectivity index is 3.51. The van der Waals surface area contributed by atoms with Crippen LogP contribution in [-0.2, 0) is 4.79 Å². The zero-order valence-electron chi connectivity index (χ0n) is 10.1. The van der Waals surface area contributed by atoms with E-state index >= 15 is 0 Å². The number of rotatable bonds is 5. The van der Waals surface area contributed by atoms with Gasteiger partial charge in [-0.3, -0.25) is 0 Å². The Kier molecular flexibility index (Phi) is 4.63. The second-order valence-corrected chi connectivity index (χ2v) is 3.67. The second-order valence-electron chi connectivity index (χ2n) is 3.29. The van der Waals surface area contributed by atoms with Gasteiger partial charge < -0.3 is 24.4 Å². The zero-order chi connectivity index (χ0) is 13.9. The van der Waals surface area contributed by atoms with Crippen molar-refractivity contribution in [2.75, 3.05) is 21.3 Å². The number of halogens is 1. The number of carbonyl (C=O) groups is 1. The van der Waals surface area contributed by atoms with Crippen LogP contribution in [0.3, 0.4) is 0 Å². The van der Waals surface area contributed by atoms with Gasteiger partial charge in [0.1, 0.15) is 10.8 Å². The Morgan fingerprint density at radius 1 is 1.22 bits per heavy atom. The lowest BCUT2D eigenvalue weighted by Gasteiger charge is -2.17. The third-order valence-electron chi connectivity index (χ3n) is 2.33. The number of ether oxygens (including phenoxy) is 3. The molecule has 0 bridgehead atoms. The lowest BCUT2D eigenvalue weighted by atomic mass is 10.1. The van der Waals surface area contributed by atoms with E-state index in [1.165, 1.54) is 27.4 Å². The molecule has 0 aliphatic rings. The maximum absolute atomic E-state index is 10.8. The standard InChI is InChI=1S/C11H13ClO6/c1-16-6-4-5(8(13)11(14)15)9(17-2)7(12)10(6)18-3/h4,8,13H,1-3H3,(H,14,15). The molecular weight excluding hydrogens is 264 g/mol. The summed E-state index contributed by atoms with van der Waals surface area (Å²) < 4.78 is 15.1. The van der Waals surface area contributed by atoms with Gasteiger partial charge in [0.05, 0.1) is 21.3 Å². The Hall–Kier alpha value is -1.66. The van der Waals surface area contributed by atoms with Crippen LogP contribution in [0.4, 0.5) is 0 Å². The second kappa shape index (κ2) is 5.79. The van der Waals surface area contributed by atoms with Gasteiger partial charge in [-0.15, -0.1) is 0 Å². The predicted octanol–water partition coefficient (Wildman–Crippen LogP) is 1.48. The topological polar surface area (TPSA) is 85.2 Å². The number of aliphatic hydroxyl groups is 1. The molecule has 6 nitrogen and oxygen atoms in total. The van der Waals surface area contributed by atoms with E-state index in [2.05, 4.69) is 0 Å². The number of aliphatic carboxylic acids is 1. The number of aliphatic hydroxyl groups excluding tert-OH is 1. The predicted molar refractivity (Wildman–Crippen MR) is 63.7 cm³/mol. The molecule has 0 saturated heterocycles. The molecule has 7 heteroatoms. The Morgan fingerprint density at radius 3 is 2.17 bits per heavy atom. The van der Waals surface area contributed by atoms with Crippen LogP contribution in [0.2, 0.25) is 5.02 Å². The zero-order valence-corrected chi connectivity index (χ0v) is 10.8. The minimum atomic E-state index is -1.77. The van der Waals surface area contributed by atoms with E-state index in [1.807, 2.05) is 0 Å². The van der Waals surface area contributed by atoms with Gasteiger partial charge in [0.15, 0.2) is 17.6 Å². The van der Waals surface area contributed by atoms with Crippen LogP contribution in [0.15, 0.2) is 6.07 Å². The van der Waals surface area contributed by atoms with Gasteiger partial charge in [-0.2, -0.15) is 0 Å². The van der Waals surface area contributed by atoms with E-state index in [0.29, 0.717) is 0 Å². The Labute approximate surface area is 109 Å². The molecule has 1 aromatic rings. The number of hydrogen-bond acceptors (Lipinski definition) is 5. The number of hydrogen-bond donors (Lipinski definition) is 2. The van der Waals surface area contributed by atoms with Gasteiger partial charge in [0.25, 0.3) is 0 Å². The fourth-order valence-electron chi connectivity index (χ4n) is 1.50. The van der Waals surface area contributed by atoms with Crippen molar-refractivity contribution in [1.29, 1.82) is 0 Å². The van der Waals surface area contributed by atoms with Crippen LogP contribution in [0.1, 0.15) is 11.7 Å². The average molecular weight is 277 g/mol. The molecular formula is C11H13ClO6. The van der Waals surface area contributed by atoms with Crippen molar-refractivity contribution in [2.24, 2.45) is 0 Å². The average Bonchev–Trinajstić information content (AvgIpc) is 2.36. The molecule has 1 aromatic carbocycles. The highest BCUT2D eigenvalue weighted by Crippen LogP contribution is 2.45. The molecule has 1 atom stereocenters. The van der Waals surface area contributed by atoms with E-state index in [4.69, 9.17) is 30.9 Å². The van der Waals surface area contributed by atoms with Crippen molar-refractivity contribution in [3.8, 4) is 17.2 Å². The summed E-state index contributed by atoms with van der Waals surface area (Å²) in [5, 5.41) is 18.4. The van der Waals surface area contributed by atoms with Gasteiger partial charge in [0.2, 0.25) is 0 Å². The van der Waals surface area contributed by atoms with Crippen LogP contribution in [0.25, 0.3) is 0 Å². The normalized spacial score (nSPS) is 11.8. The molecule has 0 aliphatic carbocycles. The number of methoxy groups -OCH3 is 3. The summed E-state index contributed by atoms with van der Waals surface area (Å²) in [4.78, 5) is 10.8. The minimum absolute atomic E-state index is 0.00681. The molecule has 18 heavy (non-hydrogen) atoms. The molecule has 0 radical (unpaired) electrons. The lowest BCUT2D eigenvalue weighted by molar-refractivity contribution is -0.147. The van der Waals surface area contributed by atoms with Gasteiger partial charge in [0, 0.05) is 5.56 Å². The fraction of sp³-hybridized carbons (Fsp3) is 0.364. The third kappa shape index (κ3) is 2.44. The molecule has 1 unspecified atom stereocenters. The van der Waals surface area contributed by atoms with Gasteiger partial charge in [-0.25, -0.2) is 4.79 Å². The van der Waals surface area contributed by atoms with Gasteiger partial charge in [-0.05, 0) is 6.07 Å². The first-order chi connectivity index (χ1) is 8.47. The quantitative estimate of drug-likeness (QED) is 0.847. The minimum Gasteiger partial charge on any atom is -0.495 e. The first kappa shape index (κ1) is 14.4. The monoisotopic (exact) mass is 276 g/mol. The maximum Gasteiger partial charge on any atom is 0.337 e. The molecule has 2 N–H and O–H groups in total. The van der Waals surface area contributed by atoms with Crippen molar-refractivity contribution >= 4 is 17.6 Å². The molecule has 0 amide bonds. The molecule has 100 valence electrons. The van der Waals surface area contributed by atoms with Gasteiger partial charge in [-0.1, -0.05) is 11.6 Å². The largest absolute Gasteiger partial charge is 0.495 e. The summed E-state index contributed by atoms with van der Waals surface area (Å²) in [6, 6.07) is 1.31. The summed E-state index contributed by atoms with van der Waals surface area (Å²) in [7, 11) is 4.07. The van der Waals surface area contributed by atoms with E-state index in [9.17, 15) is 9.90 Å². The van der Waals surface area contributed by atoms with Crippen LogP contribution >= 0.6 is 11.6 Å². The summed E-state index contributed by atoms with van der Waals surface area (Å²) in [6.07, 6.45) is -1.77. The summed E-state index contributed by atoms with van der Waals surface area (Å²) in [5.74, 6) is -0.975. The Bertz CT molecular complexity index is 459. The van der Waals surface area contributed by atoms with Crippen LogP contribution < -0.4 is 14.2 Å². The first-order valence-corrected chi connectivity index (χ1v) is 5.24. The van der Waals surface area contributed by atoms with Crippen molar-refractivity contribution in [2.45, 2.75) is 6.10 Å². The van der Waals surface area contributed by atoms with Crippen LogP contribution in [0.5, 0.6) is 17.2 Å². The summed E-state index contributed by atoms with van der Waals surface area (Å²) >= 11 is 6.01. The molecule has 0 fully saturated rings. The van der Waals surface area contributed by atoms with E-state index in [-0.39, 0.29) is 27.8 Å². The van der Waals surface area contributed by atoms with E-state index < -0.39 is 12.1 Å². The smallest absolute Gasteiger partial charge is 0.337 e. The summed E-state index contributed by atoms with van der Waals surface area (Å²) in [5.41, 5.74) is -0.00681. The number of benzene rings is 1. The molecule has 0 heterocycles. The molecule has 1 rings (SSSR count). The first-order valence-electron chi connectivity index (χ1n) is 4.87. The highest BCUT2D eigenvalue weighted by molar-refractivity contribution is 6.34. The lowest BCUT2D eigenvalue weighted by Crippen LogP contribution is -2.12. The third-order valence-corrected chi connectivity index (χ3v) is 2.67. The van der Waals surface area contributed by atoms with Crippen molar-refractivity contribution in [1.82, 2.24) is 0 Å². The SMILES string of the molecule is COc1cc(C(O)C(=O)O)c(OC)c(Cl)c1OC. The summed E-state index contributed by atoms with van der Waals surface area (Å²) in [6.45, 7) is 0. The number of carboxylic acid groups (broad SMARTS) is 1. The highest BCUT2D eigenvalue weighted by atomic mass is 35.5. The molecule has 0 aromatic heterocycles. The van der Waals surface area contributed by atoms with E-state index in [0.717, 1.165) is 0 Å². The Morgan fingerprint density at radius 2 is 1.78 bits per heavy atom. The number of carboxylic acids is 1. The van der Waals surface area contributed by atoms with Crippen LogP contribution in [0, 0.1) is 0 Å². The van der Waals surface area contributed by atoms with Gasteiger partial charge >= 0.3 is 5.97 Å². The maximum atomic E-state index is 10.8. The van der Waals surface area contributed by atoms with Crippen molar-refractivity contribution < 1.29 is 29.2 Å². The van der Waals surface area contributed by atoms with Crippen molar-refractivity contribution in [3.05, 3.63) is 16.7 Å². The highest BCUT2D eigenvalue weighted by Gasteiger charge is 2.27. The van der Waals surface area contributed by atoms with Crippen molar-refractivity contribution in [3.63, 3.8) is 0 Å².